The molecule has 4 rings (SSSR count). The van der Waals surface area contributed by atoms with Crippen molar-refractivity contribution in [3.8, 4) is 22.9 Å². The standard InChI is InChI=1S/C24H17N3O4/c25-13-14-27-22(26-21-4-2-1-3-20(21)23(27)29)15-31-24(30)18-7-5-16(6-8-18)17-9-11-19(28)12-10-17/h1-12,28H,14-15H2. The van der Waals surface area contributed by atoms with Crippen LogP contribution in [-0.2, 0) is 17.9 Å². The lowest BCUT2D eigenvalue weighted by molar-refractivity contribution is 0.0457. The van der Waals surface area contributed by atoms with E-state index in [9.17, 15) is 14.7 Å². The number of para-hydroxylation sites is 1. The molecule has 0 aliphatic carbocycles. The Morgan fingerprint density at radius 1 is 1.00 bits per heavy atom. The molecule has 7 nitrogen and oxygen atoms in total. The van der Waals surface area contributed by atoms with Gasteiger partial charge in [-0.25, -0.2) is 9.78 Å². The number of hydrogen-bond donors (Lipinski definition) is 1. The lowest BCUT2D eigenvalue weighted by Crippen LogP contribution is -2.26. The first kappa shape index (κ1) is 19.9. The quantitative estimate of drug-likeness (QED) is 0.503. The molecular formula is C24H17N3O4. The Morgan fingerprint density at radius 3 is 2.32 bits per heavy atom. The van der Waals surface area contributed by atoms with E-state index in [1.54, 1.807) is 72.8 Å². The lowest BCUT2D eigenvalue weighted by Gasteiger charge is -2.11. The fourth-order valence-corrected chi connectivity index (χ4v) is 3.22. The van der Waals surface area contributed by atoms with E-state index >= 15 is 0 Å². The lowest BCUT2D eigenvalue weighted by atomic mass is 10.0. The Labute approximate surface area is 177 Å². The van der Waals surface area contributed by atoms with Crippen molar-refractivity contribution < 1.29 is 14.6 Å². The summed E-state index contributed by atoms with van der Waals surface area (Å²) in [6.45, 7) is -0.425. The van der Waals surface area contributed by atoms with Gasteiger partial charge in [0.25, 0.3) is 5.56 Å². The highest BCUT2D eigenvalue weighted by Crippen LogP contribution is 2.22. The van der Waals surface area contributed by atoms with Crippen LogP contribution in [0.5, 0.6) is 5.75 Å². The van der Waals surface area contributed by atoms with Gasteiger partial charge in [-0.2, -0.15) is 5.26 Å². The molecule has 0 spiro atoms. The van der Waals surface area contributed by atoms with Crippen molar-refractivity contribution in [3.63, 3.8) is 0 Å². The van der Waals surface area contributed by atoms with Gasteiger partial charge in [0.05, 0.1) is 22.5 Å². The third-order valence-corrected chi connectivity index (χ3v) is 4.82. The highest BCUT2D eigenvalue weighted by molar-refractivity contribution is 5.90. The number of aromatic hydroxyl groups is 1. The second-order valence-corrected chi connectivity index (χ2v) is 6.79. The van der Waals surface area contributed by atoms with Gasteiger partial charge in [0, 0.05) is 0 Å². The minimum Gasteiger partial charge on any atom is -0.508 e. The van der Waals surface area contributed by atoms with E-state index in [2.05, 4.69) is 4.98 Å². The molecule has 1 N–H and O–H groups in total. The third kappa shape index (κ3) is 4.14. The number of hydrogen-bond acceptors (Lipinski definition) is 6. The molecule has 0 aliphatic rings. The second kappa shape index (κ2) is 8.51. The number of benzene rings is 3. The Morgan fingerprint density at radius 2 is 1.65 bits per heavy atom. The number of phenolic OH excluding ortho intramolecular Hbond substituents is 1. The molecule has 0 amide bonds. The molecule has 0 saturated carbocycles. The molecular weight excluding hydrogens is 394 g/mol. The maximum atomic E-state index is 12.7. The molecule has 4 aromatic rings. The van der Waals surface area contributed by atoms with Gasteiger partial charge in [0.15, 0.2) is 5.82 Å². The van der Waals surface area contributed by atoms with Crippen molar-refractivity contribution in [2.24, 2.45) is 0 Å². The van der Waals surface area contributed by atoms with E-state index in [0.29, 0.717) is 16.5 Å². The van der Waals surface area contributed by atoms with Gasteiger partial charge in [-0.15, -0.1) is 0 Å². The Kier molecular flexibility index (Phi) is 5.45. The van der Waals surface area contributed by atoms with E-state index in [0.717, 1.165) is 11.1 Å². The van der Waals surface area contributed by atoms with Crippen LogP contribution in [0.25, 0.3) is 22.0 Å². The van der Waals surface area contributed by atoms with Gasteiger partial charge in [-0.1, -0.05) is 36.4 Å². The van der Waals surface area contributed by atoms with E-state index in [1.807, 2.05) is 6.07 Å². The molecule has 0 saturated heterocycles. The number of aromatic nitrogens is 2. The molecule has 0 aliphatic heterocycles. The van der Waals surface area contributed by atoms with Crippen LogP contribution in [0.1, 0.15) is 16.2 Å². The minimum absolute atomic E-state index is 0.182. The smallest absolute Gasteiger partial charge is 0.338 e. The highest BCUT2D eigenvalue weighted by Gasteiger charge is 2.14. The number of carbonyl (C=O) groups is 1. The normalized spacial score (nSPS) is 10.5. The first-order valence-electron chi connectivity index (χ1n) is 9.49. The molecule has 3 aromatic carbocycles. The van der Waals surface area contributed by atoms with Crippen molar-refractivity contribution in [3.05, 3.63) is 94.5 Å². The molecule has 1 aromatic heterocycles. The van der Waals surface area contributed by atoms with Gasteiger partial charge in [0.2, 0.25) is 0 Å². The average Bonchev–Trinajstić information content (AvgIpc) is 2.80. The first-order valence-corrected chi connectivity index (χ1v) is 9.49. The van der Waals surface area contributed by atoms with Crippen LogP contribution in [0, 0.1) is 11.3 Å². The van der Waals surface area contributed by atoms with Crippen LogP contribution in [0.15, 0.2) is 77.6 Å². The number of rotatable bonds is 5. The molecule has 0 fully saturated rings. The molecule has 0 atom stereocenters. The zero-order valence-electron chi connectivity index (χ0n) is 16.4. The topological polar surface area (TPSA) is 105 Å². The zero-order valence-corrected chi connectivity index (χ0v) is 16.4. The molecule has 0 radical (unpaired) electrons. The first-order chi connectivity index (χ1) is 15.1. The number of ether oxygens (including phenoxy) is 1. The van der Waals surface area contributed by atoms with Crippen LogP contribution < -0.4 is 5.56 Å². The summed E-state index contributed by atoms with van der Waals surface area (Å²) in [7, 11) is 0. The van der Waals surface area contributed by atoms with Gasteiger partial charge >= 0.3 is 5.97 Å². The fraction of sp³-hybridized carbons (Fsp3) is 0.0833. The van der Waals surface area contributed by atoms with Crippen LogP contribution >= 0.6 is 0 Å². The molecule has 1 heterocycles. The van der Waals surface area contributed by atoms with E-state index in [1.165, 1.54) is 4.57 Å². The van der Waals surface area contributed by atoms with Crippen molar-refractivity contribution in [2.45, 2.75) is 13.2 Å². The SMILES string of the molecule is N#CCn1c(COC(=O)c2ccc(-c3ccc(O)cc3)cc2)nc2ccccc2c1=O. The van der Waals surface area contributed by atoms with E-state index < -0.39 is 5.97 Å². The summed E-state index contributed by atoms with van der Waals surface area (Å²) in [6.07, 6.45) is 0. The zero-order chi connectivity index (χ0) is 21.8. The van der Waals surface area contributed by atoms with Crippen LogP contribution in [0.3, 0.4) is 0 Å². The minimum atomic E-state index is -0.567. The van der Waals surface area contributed by atoms with Crippen molar-refractivity contribution in [1.29, 1.82) is 5.26 Å². The fourth-order valence-electron chi connectivity index (χ4n) is 3.22. The number of nitrogens with zero attached hydrogens (tertiary/aromatic N) is 3. The van der Waals surface area contributed by atoms with E-state index in [4.69, 9.17) is 10.00 Å². The predicted octanol–water partition coefficient (Wildman–Crippen LogP) is 3.65. The third-order valence-electron chi connectivity index (χ3n) is 4.82. The molecule has 7 heteroatoms. The van der Waals surface area contributed by atoms with Crippen LogP contribution in [0.4, 0.5) is 0 Å². The second-order valence-electron chi connectivity index (χ2n) is 6.79. The van der Waals surface area contributed by atoms with Crippen LogP contribution in [-0.4, -0.2) is 20.6 Å². The van der Waals surface area contributed by atoms with Gasteiger partial charge in [-0.3, -0.25) is 9.36 Å². The summed E-state index contributed by atoms with van der Waals surface area (Å²) in [5, 5.41) is 18.9. The Bertz CT molecular complexity index is 1350. The molecule has 0 unspecified atom stereocenters. The highest BCUT2D eigenvalue weighted by atomic mass is 16.5. The van der Waals surface area contributed by atoms with Crippen molar-refractivity contribution >= 4 is 16.9 Å². The Hall–Kier alpha value is -4.44. The number of nitriles is 1. The van der Waals surface area contributed by atoms with E-state index in [-0.39, 0.29) is 30.3 Å². The maximum absolute atomic E-state index is 12.7. The van der Waals surface area contributed by atoms with Gasteiger partial charge in [-0.05, 0) is 47.5 Å². The Balaban J connectivity index is 1.54. The van der Waals surface area contributed by atoms with Crippen molar-refractivity contribution in [2.75, 3.05) is 0 Å². The molecule has 31 heavy (non-hydrogen) atoms. The van der Waals surface area contributed by atoms with Crippen LogP contribution in [0.2, 0.25) is 0 Å². The van der Waals surface area contributed by atoms with Crippen molar-refractivity contribution in [1.82, 2.24) is 9.55 Å². The number of esters is 1. The number of fused-ring (bicyclic) bond motifs is 1. The summed E-state index contributed by atoms with van der Waals surface area (Å²) in [6, 6.07) is 22.3. The van der Waals surface area contributed by atoms with Gasteiger partial charge < -0.3 is 9.84 Å². The maximum Gasteiger partial charge on any atom is 0.338 e. The molecule has 0 bridgehead atoms. The molecule has 152 valence electrons. The van der Waals surface area contributed by atoms with Gasteiger partial charge in [0.1, 0.15) is 18.9 Å². The average molecular weight is 411 g/mol. The summed E-state index contributed by atoms with van der Waals surface area (Å²) in [5.74, 6) is -0.177. The number of phenols is 1. The summed E-state index contributed by atoms with van der Waals surface area (Å²) < 4.78 is 6.57. The predicted molar refractivity (Wildman–Crippen MR) is 114 cm³/mol. The largest absolute Gasteiger partial charge is 0.508 e. The summed E-state index contributed by atoms with van der Waals surface area (Å²) in [4.78, 5) is 29.6. The monoisotopic (exact) mass is 411 g/mol. The summed E-state index contributed by atoms with van der Waals surface area (Å²) >= 11 is 0. The summed E-state index contributed by atoms with van der Waals surface area (Å²) in [5.41, 5.74) is 2.26. The number of carbonyl (C=O) groups excluding carboxylic acids is 1.